The lowest BCUT2D eigenvalue weighted by Gasteiger charge is -2.18. The minimum atomic E-state index is 0.324. The van der Waals surface area contributed by atoms with E-state index in [9.17, 15) is 5.26 Å². The SMILES string of the molecule is [C-]#[N+]c1cc(-c2cccc(-c3c4ccccc4c(-c4cccc(-c5ccnc(C#N)c5)n4)c4cc5oc6ccccc6c5cc34)n2)ccn1. The van der Waals surface area contributed by atoms with Gasteiger partial charge in [0.05, 0.1) is 22.8 Å². The minimum Gasteiger partial charge on any atom is -0.456 e. The Hall–Kier alpha value is -7.22. The molecule has 0 radical (unpaired) electrons. The summed E-state index contributed by atoms with van der Waals surface area (Å²) in [5.41, 5.74) is 8.64. The Bertz CT molecular complexity index is 2880. The standard InChI is InChI=1S/C42H22N6O/c1-44-40-21-26(17-19-46-40)35-12-7-13-36(48-35)41-29-9-2-3-10-30(29)42(37-14-6-11-34(47-37)25-16-18-45-27(20-25)24-43)33-23-39-31(22-32(33)41)28-8-4-5-15-38(28)49-39/h2-23H. The van der Waals surface area contributed by atoms with Crippen LogP contribution in [0.15, 0.2) is 138 Å². The van der Waals surface area contributed by atoms with E-state index in [1.807, 2.05) is 78.9 Å². The lowest BCUT2D eigenvalue weighted by atomic mass is 9.87. The Morgan fingerprint density at radius 2 is 1.12 bits per heavy atom. The van der Waals surface area contributed by atoms with Crippen molar-refractivity contribution in [3.63, 3.8) is 0 Å². The second-order valence-electron chi connectivity index (χ2n) is 11.7. The molecule has 0 fully saturated rings. The normalized spacial score (nSPS) is 11.2. The summed E-state index contributed by atoms with van der Waals surface area (Å²) in [6.07, 6.45) is 3.28. The summed E-state index contributed by atoms with van der Waals surface area (Å²) in [6, 6.07) is 42.1. The number of hydrogen-bond donors (Lipinski definition) is 0. The van der Waals surface area contributed by atoms with Crippen molar-refractivity contribution in [2.45, 2.75) is 0 Å². The molecule has 0 bridgehead atoms. The van der Waals surface area contributed by atoms with Crippen LogP contribution in [-0.2, 0) is 0 Å². The zero-order chi connectivity index (χ0) is 32.9. The zero-order valence-electron chi connectivity index (χ0n) is 25.8. The number of para-hydroxylation sites is 1. The number of pyridine rings is 4. The van der Waals surface area contributed by atoms with Crippen LogP contribution in [0.4, 0.5) is 5.82 Å². The van der Waals surface area contributed by atoms with Crippen molar-refractivity contribution in [3.05, 3.63) is 151 Å². The molecule has 0 saturated carbocycles. The van der Waals surface area contributed by atoms with Gasteiger partial charge >= 0.3 is 0 Å². The van der Waals surface area contributed by atoms with Gasteiger partial charge in [0.1, 0.15) is 29.1 Å². The minimum absolute atomic E-state index is 0.324. The van der Waals surface area contributed by atoms with Crippen LogP contribution >= 0.6 is 0 Å². The number of hydrogen-bond acceptors (Lipinski definition) is 6. The Morgan fingerprint density at radius 1 is 0.531 bits per heavy atom. The molecular formula is C42H22N6O. The first kappa shape index (κ1) is 28.0. The smallest absolute Gasteiger partial charge is 0.270 e. The van der Waals surface area contributed by atoms with Crippen molar-refractivity contribution in [2.24, 2.45) is 0 Å². The van der Waals surface area contributed by atoms with Crippen molar-refractivity contribution in [3.8, 4) is 51.1 Å². The molecule has 5 aromatic heterocycles. The molecule has 7 heteroatoms. The van der Waals surface area contributed by atoms with Crippen molar-refractivity contribution >= 4 is 49.3 Å². The molecule has 4 aromatic carbocycles. The van der Waals surface area contributed by atoms with E-state index in [1.165, 1.54) is 0 Å². The first-order valence-electron chi connectivity index (χ1n) is 15.6. The first-order valence-corrected chi connectivity index (χ1v) is 15.6. The topological polar surface area (TPSA) is 92.8 Å². The van der Waals surface area contributed by atoms with E-state index < -0.39 is 0 Å². The maximum absolute atomic E-state index is 9.48. The largest absolute Gasteiger partial charge is 0.456 e. The van der Waals surface area contributed by atoms with E-state index >= 15 is 0 Å². The second-order valence-corrected chi connectivity index (χ2v) is 11.7. The van der Waals surface area contributed by atoms with Gasteiger partial charge in [0.25, 0.3) is 5.82 Å². The number of aromatic nitrogens is 4. The maximum Gasteiger partial charge on any atom is 0.270 e. The third-order valence-electron chi connectivity index (χ3n) is 8.86. The van der Waals surface area contributed by atoms with E-state index in [1.54, 1.807) is 24.5 Å². The van der Waals surface area contributed by atoms with Gasteiger partial charge in [-0.3, -0.25) is 0 Å². The van der Waals surface area contributed by atoms with Crippen LogP contribution in [0, 0.1) is 17.9 Å². The average molecular weight is 627 g/mol. The highest BCUT2D eigenvalue weighted by Crippen LogP contribution is 2.46. The third kappa shape index (κ3) is 4.66. The lowest BCUT2D eigenvalue weighted by Crippen LogP contribution is -1.96. The highest BCUT2D eigenvalue weighted by molar-refractivity contribution is 6.24. The number of benzene rings is 4. The fourth-order valence-corrected chi connectivity index (χ4v) is 6.71. The molecule has 0 unspecified atom stereocenters. The van der Waals surface area contributed by atoms with E-state index in [0.29, 0.717) is 11.5 Å². The van der Waals surface area contributed by atoms with Gasteiger partial charge in [0.2, 0.25) is 0 Å². The molecule has 5 heterocycles. The van der Waals surface area contributed by atoms with Gasteiger partial charge in [-0.2, -0.15) is 5.26 Å². The van der Waals surface area contributed by atoms with Gasteiger partial charge in [-0.1, -0.05) is 61.2 Å². The Balaban J connectivity index is 1.38. The van der Waals surface area contributed by atoms with E-state index in [0.717, 1.165) is 88.5 Å². The molecule has 7 nitrogen and oxygen atoms in total. The van der Waals surface area contributed by atoms with Crippen LogP contribution in [0.1, 0.15) is 5.69 Å². The van der Waals surface area contributed by atoms with Gasteiger partial charge in [0, 0.05) is 33.7 Å². The van der Waals surface area contributed by atoms with Crippen molar-refractivity contribution in [2.75, 3.05) is 0 Å². The van der Waals surface area contributed by atoms with Crippen LogP contribution in [0.5, 0.6) is 0 Å². The monoisotopic (exact) mass is 626 g/mol. The van der Waals surface area contributed by atoms with Crippen LogP contribution in [0.2, 0.25) is 0 Å². The molecule has 49 heavy (non-hydrogen) atoms. The molecule has 0 aliphatic rings. The first-order chi connectivity index (χ1) is 24.2. The predicted octanol–water partition coefficient (Wildman–Crippen LogP) is 10.6. The molecule has 0 aliphatic carbocycles. The van der Waals surface area contributed by atoms with Crippen LogP contribution in [-0.4, -0.2) is 19.9 Å². The molecule has 226 valence electrons. The molecule has 9 rings (SSSR count). The van der Waals surface area contributed by atoms with Crippen LogP contribution < -0.4 is 0 Å². The highest BCUT2D eigenvalue weighted by Gasteiger charge is 2.21. The molecule has 0 aliphatic heterocycles. The summed E-state index contributed by atoms with van der Waals surface area (Å²) < 4.78 is 6.42. The average Bonchev–Trinajstić information content (AvgIpc) is 3.53. The summed E-state index contributed by atoms with van der Waals surface area (Å²) in [7, 11) is 0. The van der Waals surface area contributed by atoms with E-state index in [4.69, 9.17) is 21.0 Å². The Labute approximate surface area is 280 Å². The van der Waals surface area contributed by atoms with E-state index in [2.05, 4.69) is 51.2 Å². The number of rotatable bonds is 4. The van der Waals surface area contributed by atoms with Crippen LogP contribution in [0.3, 0.4) is 0 Å². The molecule has 9 aromatic rings. The summed E-state index contributed by atoms with van der Waals surface area (Å²) in [6.45, 7) is 7.46. The predicted molar refractivity (Wildman–Crippen MR) is 193 cm³/mol. The summed E-state index contributed by atoms with van der Waals surface area (Å²) in [4.78, 5) is 22.2. The van der Waals surface area contributed by atoms with Gasteiger partial charge < -0.3 is 9.26 Å². The molecule has 0 amide bonds. The lowest BCUT2D eigenvalue weighted by molar-refractivity contribution is 0.669. The molecular weight excluding hydrogens is 605 g/mol. The molecule has 0 atom stereocenters. The number of furan rings is 1. The van der Waals surface area contributed by atoms with Crippen molar-refractivity contribution in [1.29, 1.82) is 5.26 Å². The summed E-state index contributed by atoms with van der Waals surface area (Å²) >= 11 is 0. The van der Waals surface area contributed by atoms with Gasteiger partial charge in [0.15, 0.2) is 0 Å². The molecule has 0 N–H and O–H groups in total. The number of fused-ring (bicyclic) bond motifs is 5. The quantitative estimate of drug-likeness (QED) is 0.143. The number of nitrogens with zero attached hydrogens (tertiary/aromatic N) is 6. The highest BCUT2D eigenvalue weighted by atomic mass is 16.3. The van der Waals surface area contributed by atoms with Gasteiger partial charge in [-0.05, 0) is 93.8 Å². The number of nitriles is 1. The fourth-order valence-electron chi connectivity index (χ4n) is 6.71. The molecule has 0 spiro atoms. The summed E-state index contributed by atoms with van der Waals surface area (Å²) in [5, 5.41) is 15.6. The third-order valence-corrected chi connectivity index (χ3v) is 8.86. The molecule has 0 saturated heterocycles. The van der Waals surface area contributed by atoms with E-state index in [-0.39, 0.29) is 0 Å². The Morgan fingerprint density at radius 3 is 1.80 bits per heavy atom. The second kappa shape index (κ2) is 11.2. The summed E-state index contributed by atoms with van der Waals surface area (Å²) in [5.74, 6) is 0.324. The van der Waals surface area contributed by atoms with Crippen molar-refractivity contribution < 1.29 is 4.42 Å². The van der Waals surface area contributed by atoms with Crippen molar-refractivity contribution in [1.82, 2.24) is 19.9 Å². The Kier molecular flexibility index (Phi) is 6.43. The zero-order valence-corrected chi connectivity index (χ0v) is 25.8. The fraction of sp³-hybridized carbons (Fsp3) is 0. The maximum atomic E-state index is 9.48. The van der Waals surface area contributed by atoms with Gasteiger partial charge in [-0.15, -0.1) is 4.98 Å². The van der Waals surface area contributed by atoms with Gasteiger partial charge in [-0.25, -0.2) is 15.0 Å². The van der Waals surface area contributed by atoms with Crippen LogP contribution in [0.25, 0.3) is 93.4 Å².